The highest BCUT2D eigenvalue weighted by Crippen LogP contribution is 2.26. The number of para-hydroxylation sites is 1. The van der Waals surface area contributed by atoms with Crippen molar-refractivity contribution in [2.45, 2.75) is 25.0 Å². The van der Waals surface area contributed by atoms with Gasteiger partial charge in [-0.3, -0.25) is 4.79 Å². The van der Waals surface area contributed by atoms with E-state index in [2.05, 4.69) is 51.4 Å². The molecule has 0 fully saturated rings. The van der Waals surface area contributed by atoms with Gasteiger partial charge in [-0.15, -0.1) is 0 Å². The lowest BCUT2D eigenvalue weighted by Gasteiger charge is -2.28. The van der Waals surface area contributed by atoms with E-state index in [9.17, 15) is 9.90 Å². The summed E-state index contributed by atoms with van der Waals surface area (Å²) in [6.07, 6.45) is 0.736. The quantitative estimate of drug-likeness (QED) is 0.236. The van der Waals surface area contributed by atoms with Crippen LogP contribution in [0.25, 0.3) is 0 Å². The van der Waals surface area contributed by atoms with E-state index in [0.29, 0.717) is 17.9 Å². The summed E-state index contributed by atoms with van der Waals surface area (Å²) >= 11 is 2.31. The van der Waals surface area contributed by atoms with Crippen LogP contribution in [-0.2, 0) is 16.9 Å². The smallest absolute Gasteiger partial charge is 0.223 e. The Bertz CT molecular complexity index is 969. The zero-order valence-electron chi connectivity index (χ0n) is 18.0. The van der Waals surface area contributed by atoms with Crippen LogP contribution >= 0.6 is 22.6 Å². The molecule has 3 aromatic carbocycles. The van der Waals surface area contributed by atoms with E-state index in [1.54, 1.807) is 0 Å². The minimum absolute atomic E-state index is 0.00806. The summed E-state index contributed by atoms with van der Waals surface area (Å²) in [5.74, 6) is 0.451. The third kappa shape index (κ3) is 7.93. The van der Waals surface area contributed by atoms with Crippen molar-refractivity contribution in [1.82, 2.24) is 10.6 Å². The number of carbonyl (C=O) groups is 1. The van der Waals surface area contributed by atoms with E-state index in [4.69, 9.17) is 4.74 Å². The molecule has 0 saturated heterocycles. The average molecular weight is 544 g/mol. The second kappa shape index (κ2) is 12.6. The van der Waals surface area contributed by atoms with Crippen molar-refractivity contribution in [3.63, 3.8) is 0 Å². The highest BCUT2D eigenvalue weighted by Gasteiger charge is 2.33. The van der Waals surface area contributed by atoms with Crippen LogP contribution in [0.3, 0.4) is 0 Å². The molecule has 32 heavy (non-hydrogen) atoms. The van der Waals surface area contributed by atoms with Gasteiger partial charge in [-0.25, -0.2) is 0 Å². The number of aliphatic hydroxyl groups is 1. The maximum atomic E-state index is 12.6. The molecule has 0 saturated carbocycles. The molecule has 1 amide bonds. The minimum atomic E-state index is -1.41. The van der Waals surface area contributed by atoms with E-state index >= 15 is 0 Å². The molecule has 168 valence electrons. The molecule has 0 bridgehead atoms. The number of halogens is 1. The molecule has 0 aliphatic heterocycles. The lowest BCUT2D eigenvalue weighted by molar-refractivity contribution is -0.128. The zero-order chi connectivity index (χ0) is 22.7. The first-order valence-corrected chi connectivity index (χ1v) is 11.8. The number of nitrogens with one attached hydrogen (secondary N) is 2. The number of hydrogen-bond donors (Lipinski definition) is 3. The van der Waals surface area contributed by atoms with Gasteiger partial charge in [0.2, 0.25) is 5.91 Å². The summed E-state index contributed by atoms with van der Waals surface area (Å²) in [7, 11) is 0. The summed E-state index contributed by atoms with van der Waals surface area (Å²) in [6, 6.07) is 26.9. The van der Waals surface area contributed by atoms with E-state index in [-0.39, 0.29) is 18.9 Å². The van der Waals surface area contributed by atoms with Crippen molar-refractivity contribution in [2.24, 2.45) is 0 Å². The second-order valence-corrected chi connectivity index (χ2v) is 8.93. The van der Waals surface area contributed by atoms with Crippen molar-refractivity contribution < 1.29 is 14.6 Å². The van der Waals surface area contributed by atoms with Gasteiger partial charge in [-0.1, -0.05) is 60.7 Å². The van der Waals surface area contributed by atoms with Crippen molar-refractivity contribution in [3.05, 3.63) is 99.6 Å². The van der Waals surface area contributed by atoms with Crippen LogP contribution in [0.5, 0.6) is 5.75 Å². The molecule has 0 heterocycles. The predicted octanol–water partition coefficient (Wildman–Crippen LogP) is 4.24. The molecular weight excluding hydrogens is 515 g/mol. The summed E-state index contributed by atoms with van der Waals surface area (Å²) in [4.78, 5) is 12.6. The minimum Gasteiger partial charge on any atom is -0.490 e. The molecule has 5 nitrogen and oxygen atoms in total. The second-order valence-electron chi connectivity index (χ2n) is 7.69. The molecule has 0 aliphatic rings. The molecule has 0 spiro atoms. The first-order valence-electron chi connectivity index (χ1n) is 10.7. The first kappa shape index (κ1) is 24.2. The van der Waals surface area contributed by atoms with Crippen molar-refractivity contribution >= 4 is 28.5 Å². The maximum absolute atomic E-state index is 12.6. The van der Waals surface area contributed by atoms with Gasteiger partial charge in [-0.2, -0.15) is 0 Å². The highest BCUT2D eigenvalue weighted by molar-refractivity contribution is 14.1. The van der Waals surface area contributed by atoms with Gasteiger partial charge in [0, 0.05) is 16.7 Å². The summed E-state index contributed by atoms with van der Waals surface area (Å²) in [5.41, 5.74) is 0.488. The monoisotopic (exact) mass is 544 g/mol. The molecule has 1 atom stereocenters. The van der Waals surface area contributed by atoms with E-state index in [0.717, 1.165) is 19.5 Å². The Labute approximate surface area is 203 Å². The van der Waals surface area contributed by atoms with Crippen molar-refractivity contribution in [1.29, 1.82) is 0 Å². The van der Waals surface area contributed by atoms with Crippen LogP contribution < -0.4 is 15.4 Å². The number of benzene rings is 3. The Balaban J connectivity index is 1.46. The fraction of sp³-hybridized carbons (Fsp3) is 0.269. The van der Waals surface area contributed by atoms with Crippen LogP contribution in [0.2, 0.25) is 0 Å². The Morgan fingerprint density at radius 1 is 0.938 bits per heavy atom. The number of hydrogen-bond acceptors (Lipinski definition) is 4. The molecule has 0 aromatic heterocycles. The predicted molar refractivity (Wildman–Crippen MR) is 135 cm³/mol. The Hall–Kier alpha value is -2.42. The summed E-state index contributed by atoms with van der Waals surface area (Å²) in [6.45, 7) is 2.13. The van der Waals surface area contributed by atoms with Crippen molar-refractivity contribution in [3.8, 4) is 5.75 Å². The lowest BCUT2D eigenvalue weighted by Crippen LogP contribution is -2.40. The molecule has 3 rings (SSSR count). The highest BCUT2D eigenvalue weighted by atomic mass is 127. The molecule has 3 aromatic rings. The normalized spacial score (nSPS) is 12.7. The number of amides is 1. The fourth-order valence-corrected chi connectivity index (χ4v) is 3.96. The topological polar surface area (TPSA) is 70.6 Å². The van der Waals surface area contributed by atoms with Gasteiger partial charge in [-0.05, 0) is 70.9 Å². The first-order chi connectivity index (χ1) is 15.5. The van der Waals surface area contributed by atoms with Crippen molar-refractivity contribution in [2.75, 3.05) is 19.7 Å². The zero-order valence-corrected chi connectivity index (χ0v) is 20.1. The molecule has 6 heteroatoms. The van der Waals surface area contributed by atoms with E-state index < -0.39 is 5.60 Å². The van der Waals surface area contributed by atoms with E-state index in [1.165, 1.54) is 9.13 Å². The molecule has 3 N–H and O–H groups in total. The van der Waals surface area contributed by atoms with Gasteiger partial charge in [0.1, 0.15) is 18.0 Å². The lowest BCUT2D eigenvalue weighted by atomic mass is 9.91. The Morgan fingerprint density at radius 2 is 1.66 bits per heavy atom. The summed E-state index contributed by atoms with van der Waals surface area (Å²) in [5, 5.41) is 17.6. The van der Waals surface area contributed by atoms with Gasteiger partial charge in [0.15, 0.2) is 0 Å². The number of ether oxygens (including phenoxy) is 1. The van der Waals surface area contributed by atoms with Gasteiger partial charge in [0.05, 0.1) is 6.42 Å². The number of carbonyl (C=O) groups excluding carboxylic acids is 1. The molecular formula is C26H29IN2O3. The number of rotatable bonds is 12. The van der Waals surface area contributed by atoms with Gasteiger partial charge in [0.25, 0.3) is 0 Å². The van der Waals surface area contributed by atoms with Gasteiger partial charge < -0.3 is 20.5 Å². The Kier molecular flexibility index (Phi) is 9.52. The molecule has 0 radical (unpaired) electrons. The van der Waals surface area contributed by atoms with E-state index in [1.807, 2.05) is 66.7 Å². The maximum Gasteiger partial charge on any atom is 0.223 e. The van der Waals surface area contributed by atoms with Crippen LogP contribution in [0.1, 0.15) is 24.0 Å². The fourth-order valence-electron chi connectivity index (χ4n) is 3.35. The largest absolute Gasteiger partial charge is 0.490 e. The standard InChI is InChI=1S/C26H29IN2O3/c27-23-12-7-9-21(17-23)19-28-15-8-16-29-25(30)18-26(31,22-10-3-1-4-11-22)20-32-24-13-5-2-6-14-24/h1-7,9-14,17,28,31H,8,15-16,18-20H2,(H,29,30). The van der Waals surface area contributed by atoms with Crippen LogP contribution in [0.15, 0.2) is 84.9 Å². The Morgan fingerprint density at radius 3 is 2.38 bits per heavy atom. The molecule has 0 aliphatic carbocycles. The van der Waals surface area contributed by atoms with Crippen LogP contribution in [0.4, 0.5) is 0 Å². The summed E-state index contributed by atoms with van der Waals surface area (Å²) < 4.78 is 7.01. The molecule has 1 unspecified atom stereocenters. The average Bonchev–Trinajstić information content (AvgIpc) is 2.81. The third-order valence-corrected chi connectivity index (χ3v) is 5.73. The third-order valence-electron chi connectivity index (χ3n) is 5.06. The van der Waals surface area contributed by atoms with Gasteiger partial charge >= 0.3 is 0 Å². The SMILES string of the molecule is O=C(CC(O)(COc1ccccc1)c1ccccc1)NCCCNCc1cccc(I)c1. The van der Waals surface area contributed by atoms with Crippen LogP contribution in [-0.4, -0.2) is 30.7 Å². The van der Waals surface area contributed by atoms with Crippen LogP contribution in [0, 0.1) is 3.57 Å².